The highest BCUT2D eigenvalue weighted by Crippen LogP contribution is 2.26. The largest absolute Gasteiger partial charge is 0.441 e. The third-order valence-electron chi connectivity index (χ3n) is 2.80. The topological polar surface area (TPSA) is 99.8 Å². The molecular formula is C12H11N5O2. The second-order valence-electron chi connectivity index (χ2n) is 3.98. The summed E-state index contributed by atoms with van der Waals surface area (Å²) in [7, 11) is 0. The Balaban J connectivity index is 2.38. The molecule has 0 saturated heterocycles. The summed E-state index contributed by atoms with van der Waals surface area (Å²) in [5.74, 6) is 0.0476. The van der Waals surface area contributed by atoms with Crippen LogP contribution in [-0.4, -0.2) is 25.9 Å². The van der Waals surface area contributed by atoms with Gasteiger partial charge in [0.05, 0.1) is 18.0 Å². The van der Waals surface area contributed by atoms with Crippen molar-refractivity contribution in [2.75, 3.05) is 0 Å². The zero-order valence-corrected chi connectivity index (χ0v) is 10.2. The maximum Gasteiger partial charge on any atom is 0.250 e. The van der Waals surface area contributed by atoms with Crippen molar-refractivity contribution in [1.82, 2.24) is 20.0 Å². The molecule has 19 heavy (non-hydrogen) atoms. The first-order valence-corrected chi connectivity index (χ1v) is 5.79. The van der Waals surface area contributed by atoms with Gasteiger partial charge >= 0.3 is 0 Å². The van der Waals surface area contributed by atoms with Crippen molar-refractivity contribution in [3.05, 3.63) is 36.0 Å². The molecule has 0 aliphatic heterocycles. The maximum absolute atomic E-state index is 11.5. The number of amides is 1. The van der Waals surface area contributed by atoms with Crippen LogP contribution in [0, 0.1) is 0 Å². The van der Waals surface area contributed by atoms with Gasteiger partial charge in [-0.2, -0.15) is 0 Å². The molecule has 0 atom stereocenters. The minimum atomic E-state index is -0.548. The second kappa shape index (κ2) is 4.20. The third-order valence-corrected chi connectivity index (χ3v) is 2.80. The van der Waals surface area contributed by atoms with E-state index in [1.165, 1.54) is 10.9 Å². The standard InChI is InChI=1S/C12H11N5O2/c1-2-9-15-10-8(19-9)4-3-7(12(13)18)11(10)17-6-5-14-16-17/h3-6H,2H2,1H3,(H2,13,18). The number of hydrogen-bond donors (Lipinski definition) is 1. The lowest BCUT2D eigenvalue weighted by Crippen LogP contribution is -2.15. The van der Waals surface area contributed by atoms with E-state index in [0.717, 1.165) is 0 Å². The van der Waals surface area contributed by atoms with Crippen LogP contribution in [0.15, 0.2) is 28.9 Å². The first-order chi connectivity index (χ1) is 9.20. The number of primary amides is 1. The third kappa shape index (κ3) is 1.75. The fourth-order valence-corrected chi connectivity index (χ4v) is 1.94. The Labute approximate surface area is 108 Å². The van der Waals surface area contributed by atoms with Crippen molar-refractivity contribution in [2.45, 2.75) is 13.3 Å². The molecule has 3 aromatic rings. The van der Waals surface area contributed by atoms with Gasteiger partial charge in [-0.1, -0.05) is 12.1 Å². The van der Waals surface area contributed by atoms with Crippen LogP contribution in [-0.2, 0) is 6.42 Å². The van der Waals surface area contributed by atoms with Gasteiger partial charge in [0.2, 0.25) is 0 Å². The summed E-state index contributed by atoms with van der Waals surface area (Å²) >= 11 is 0. The fourth-order valence-electron chi connectivity index (χ4n) is 1.94. The summed E-state index contributed by atoms with van der Waals surface area (Å²) in [5, 5.41) is 7.63. The Morgan fingerprint density at radius 2 is 2.32 bits per heavy atom. The number of carbonyl (C=O) groups is 1. The van der Waals surface area contributed by atoms with E-state index in [-0.39, 0.29) is 0 Å². The molecule has 1 aromatic carbocycles. The van der Waals surface area contributed by atoms with Gasteiger partial charge in [-0.25, -0.2) is 9.67 Å². The summed E-state index contributed by atoms with van der Waals surface area (Å²) < 4.78 is 7.03. The summed E-state index contributed by atoms with van der Waals surface area (Å²) in [6, 6.07) is 3.29. The number of nitrogens with two attached hydrogens (primary N) is 1. The van der Waals surface area contributed by atoms with E-state index in [0.29, 0.717) is 34.7 Å². The Hall–Kier alpha value is -2.70. The van der Waals surface area contributed by atoms with E-state index in [9.17, 15) is 4.79 Å². The number of aryl methyl sites for hydroxylation is 1. The van der Waals surface area contributed by atoms with Gasteiger partial charge in [0.25, 0.3) is 5.91 Å². The quantitative estimate of drug-likeness (QED) is 0.756. The van der Waals surface area contributed by atoms with Crippen LogP contribution in [0.25, 0.3) is 16.8 Å². The highest BCUT2D eigenvalue weighted by molar-refractivity contribution is 6.02. The molecule has 3 rings (SSSR count). The normalized spacial score (nSPS) is 11.0. The SMILES string of the molecule is CCc1nc2c(-n3ccnn3)c(C(N)=O)ccc2o1. The van der Waals surface area contributed by atoms with Crippen LogP contribution in [0.5, 0.6) is 0 Å². The number of oxazole rings is 1. The number of fused-ring (bicyclic) bond motifs is 1. The lowest BCUT2D eigenvalue weighted by molar-refractivity contribution is 0.100. The minimum absolute atomic E-state index is 0.328. The van der Waals surface area contributed by atoms with Crippen molar-refractivity contribution in [1.29, 1.82) is 0 Å². The lowest BCUT2D eigenvalue weighted by Gasteiger charge is -2.05. The number of benzene rings is 1. The predicted octanol–water partition coefficient (Wildman–Crippen LogP) is 1.07. The van der Waals surface area contributed by atoms with Crippen LogP contribution in [0.2, 0.25) is 0 Å². The lowest BCUT2D eigenvalue weighted by atomic mass is 10.1. The summed E-state index contributed by atoms with van der Waals surface area (Å²) in [5.41, 5.74) is 7.36. The maximum atomic E-state index is 11.5. The van der Waals surface area contributed by atoms with Crippen LogP contribution in [0.3, 0.4) is 0 Å². The molecule has 96 valence electrons. The van der Waals surface area contributed by atoms with Crippen molar-refractivity contribution in [3.8, 4) is 5.69 Å². The molecule has 1 amide bonds. The van der Waals surface area contributed by atoms with Crippen molar-refractivity contribution in [2.24, 2.45) is 5.73 Å². The van der Waals surface area contributed by atoms with Crippen LogP contribution in [0.1, 0.15) is 23.2 Å². The second-order valence-corrected chi connectivity index (χ2v) is 3.98. The van der Waals surface area contributed by atoms with E-state index in [4.69, 9.17) is 10.2 Å². The molecule has 0 aliphatic carbocycles. The smallest absolute Gasteiger partial charge is 0.250 e. The van der Waals surface area contributed by atoms with E-state index in [1.807, 2.05) is 6.92 Å². The number of carbonyl (C=O) groups excluding carboxylic acids is 1. The van der Waals surface area contributed by atoms with Gasteiger partial charge in [0.1, 0.15) is 11.2 Å². The molecule has 7 nitrogen and oxygen atoms in total. The van der Waals surface area contributed by atoms with Crippen LogP contribution >= 0.6 is 0 Å². The molecule has 7 heteroatoms. The van der Waals surface area contributed by atoms with Crippen molar-refractivity contribution < 1.29 is 9.21 Å². The Morgan fingerprint density at radius 3 is 2.95 bits per heavy atom. The molecule has 2 heterocycles. The van der Waals surface area contributed by atoms with E-state index in [2.05, 4.69) is 15.3 Å². The van der Waals surface area contributed by atoms with Gasteiger partial charge in [-0.15, -0.1) is 5.10 Å². The number of hydrogen-bond acceptors (Lipinski definition) is 5. The molecule has 0 fully saturated rings. The highest BCUT2D eigenvalue weighted by atomic mass is 16.3. The Kier molecular flexibility index (Phi) is 2.52. The minimum Gasteiger partial charge on any atom is -0.441 e. The zero-order valence-electron chi connectivity index (χ0n) is 10.2. The zero-order chi connectivity index (χ0) is 13.4. The molecule has 0 bridgehead atoms. The molecule has 2 N–H and O–H groups in total. The number of nitrogens with zero attached hydrogens (tertiary/aromatic N) is 4. The summed E-state index contributed by atoms with van der Waals surface area (Å²) in [4.78, 5) is 15.9. The van der Waals surface area contributed by atoms with Crippen molar-refractivity contribution >= 4 is 17.0 Å². The molecule has 0 aliphatic rings. The average molecular weight is 257 g/mol. The average Bonchev–Trinajstić information content (AvgIpc) is 3.05. The first-order valence-electron chi connectivity index (χ1n) is 5.79. The first kappa shape index (κ1) is 11.4. The van der Waals surface area contributed by atoms with Gasteiger partial charge in [0, 0.05) is 6.42 Å². The van der Waals surface area contributed by atoms with E-state index in [1.54, 1.807) is 18.3 Å². The molecule has 0 unspecified atom stereocenters. The van der Waals surface area contributed by atoms with Gasteiger partial charge in [-0.05, 0) is 12.1 Å². The molecular weight excluding hydrogens is 246 g/mol. The van der Waals surface area contributed by atoms with E-state index < -0.39 is 5.91 Å². The van der Waals surface area contributed by atoms with Crippen molar-refractivity contribution in [3.63, 3.8) is 0 Å². The molecule has 0 radical (unpaired) electrons. The van der Waals surface area contributed by atoms with Gasteiger partial charge in [-0.3, -0.25) is 4.79 Å². The summed E-state index contributed by atoms with van der Waals surface area (Å²) in [6.07, 6.45) is 3.81. The van der Waals surface area contributed by atoms with Gasteiger partial charge in [0.15, 0.2) is 11.5 Å². The molecule has 0 spiro atoms. The van der Waals surface area contributed by atoms with Gasteiger partial charge < -0.3 is 10.2 Å². The van der Waals surface area contributed by atoms with E-state index >= 15 is 0 Å². The van der Waals surface area contributed by atoms with Crippen LogP contribution in [0.4, 0.5) is 0 Å². The van der Waals surface area contributed by atoms with Crippen LogP contribution < -0.4 is 5.73 Å². The Bertz CT molecular complexity index is 745. The monoisotopic (exact) mass is 257 g/mol. The fraction of sp³-hybridized carbons (Fsp3) is 0.167. The highest BCUT2D eigenvalue weighted by Gasteiger charge is 2.18. The Morgan fingerprint density at radius 1 is 1.47 bits per heavy atom. The number of rotatable bonds is 3. The number of aromatic nitrogens is 4. The molecule has 0 saturated carbocycles. The predicted molar refractivity (Wildman–Crippen MR) is 66.8 cm³/mol. The molecule has 2 aromatic heterocycles. The summed E-state index contributed by atoms with van der Waals surface area (Å²) in [6.45, 7) is 1.94.